The lowest BCUT2D eigenvalue weighted by Crippen LogP contribution is -2.30. The van der Waals surface area contributed by atoms with Crippen LogP contribution in [0.15, 0.2) is 30.3 Å². The SMILES string of the molecule is CCOC(OCC(COC(C)C)OC(C)C)c1ccccc1. The van der Waals surface area contributed by atoms with Crippen LogP contribution < -0.4 is 0 Å². The van der Waals surface area contributed by atoms with Crippen LogP contribution >= 0.6 is 0 Å². The minimum atomic E-state index is -0.372. The largest absolute Gasteiger partial charge is 0.376 e. The third-order valence-electron chi connectivity index (χ3n) is 2.90. The van der Waals surface area contributed by atoms with Crippen LogP contribution in [0.2, 0.25) is 0 Å². The summed E-state index contributed by atoms with van der Waals surface area (Å²) in [5, 5.41) is 0. The zero-order valence-electron chi connectivity index (χ0n) is 14.5. The second-order valence-corrected chi connectivity index (χ2v) is 5.72. The van der Waals surface area contributed by atoms with Crippen LogP contribution in [0, 0.1) is 0 Å². The molecule has 0 aliphatic rings. The second-order valence-electron chi connectivity index (χ2n) is 5.72. The highest BCUT2D eigenvalue weighted by Crippen LogP contribution is 2.19. The average Bonchev–Trinajstić information content (AvgIpc) is 2.49. The summed E-state index contributed by atoms with van der Waals surface area (Å²) in [7, 11) is 0. The van der Waals surface area contributed by atoms with E-state index in [0.717, 1.165) is 5.56 Å². The summed E-state index contributed by atoms with van der Waals surface area (Å²) in [6.45, 7) is 11.6. The van der Waals surface area contributed by atoms with Crippen molar-refractivity contribution in [3.05, 3.63) is 35.9 Å². The quantitative estimate of drug-likeness (QED) is 0.580. The topological polar surface area (TPSA) is 36.9 Å². The zero-order valence-corrected chi connectivity index (χ0v) is 14.5. The fourth-order valence-corrected chi connectivity index (χ4v) is 2.01. The van der Waals surface area contributed by atoms with Gasteiger partial charge >= 0.3 is 0 Å². The molecule has 1 aromatic rings. The van der Waals surface area contributed by atoms with Gasteiger partial charge in [-0.25, -0.2) is 0 Å². The maximum atomic E-state index is 5.94. The van der Waals surface area contributed by atoms with Gasteiger partial charge in [0, 0.05) is 12.2 Å². The summed E-state index contributed by atoms with van der Waals surface area (Å²) in [5.74, 6) is 0. The van der Waals surface area contributed by atoms with E-state index in [9.17, 15) is 0 Å². The number of rotatable bonds is 11. The smallest absolute Gasteiger partial charge is 0.183 e. The van der Waals surface area contributed by atoms with Gasteiger partial charge < -0.3 is 18.9 Å². The molecule has 0 aromatic heterocycles. The molecule has 0 saturated carbocycles. The van der Waals surface area contributed by atoms with Crippen molar-refractivity contribution in [1.82, 2.24) is 0 Å². The van der Waals surface area contributed by atoms with Gasteiger partial charge in [0.05, 0.1) is 25.4 Å². The van der Waals surface area contributed by atoms with Crippen LogP contribution in [0.3, 0.4) is 0 Å². The molecule has 0 fully saturated rings. The second kappa shape index (κ2) is 10.7. The van der Waals surface area contributed by atoms with E-state index >= 15 is 0 Å². The van der Waals surface area contributed by atoms with E-state index in [1.54, 1.807) is 0 Å². The molecule has 0 N–H and O–H groups in total. The predicted molar refractivity (Wildman–Crippen MR) is 87.9 cm³/mol. The van der Waals surface area contributed by atoms with Crippen LogP contribution in [0.25, 0.3) is 0 Å². The average molecular weight is 310 g/mol. The van der Waals surface area contributed by atoms with Crippen molar-refractivity contribution >= 4 is 0 Å². The Morgan fingerprint density at radius 2 is 1.45 bits per heavy atom. The Morgan fingerprint density at radius 3 is 2.00 bits per heavy atom. The third-order valence-corrected chi connectivity index (χ3v) is 2.90. The van der Waals surface area contributed by atoms with E-state index in [2.05, 4.69) is 0 Å². The fraction of sp³-hybridized carbons (Fsp3) is 0.667. The highest BCUT2D eigenvalue weighted by atomic mass is 16.7. The van der Waals surface area contributed by atoms with Gasteiger partial charge in [-0.15, -0.1) is 0 Å². The molecular weight excluding hydrogens is 280 g/mol. The van der Waals surface area contributed by atoms with E-state index in [-0.39, 0.29) is 24.6 Å². The Labute approximate surface area is 134 Å². The first-order chi connectivity index (χ1) is 10.5. The number of hydrogen-bond acceptors (Lipinski definition) is 4. The third kappa shape index (κ3) is 7.90. The Balaban J connectivity index is 2.58. The van der Waals surface area contributed by atoms with Crippen LogP contribution in [0.1, 0.15) is 46.5 Å². The van der Waals surface area contributed by atoms with Crippen molar-refractivity contribution in [3.63, 3.8) is 0 Å². The fourth-order valence-electron chi connectivity index (χ4n) is 2.01. The van der Waals surface area contributed by atoms with Gasteiger partial charge in [-0.05, 0) is 34.6 Å². The Hall–Kier alpha value is -0.940. The summed E-state index contributed by atoms with van der Waals surface area (Å²) in [6.07, 6.45) is -0.167. The maximum Gasteiger partial charge on any atom is 0.183 e. The summed E-state index contributed by atoms with van der Waals surface area (Å²) >= 11 is 0. The molecule has 2 unspecified atom stereocenters. The minimum Gasteiger partial charge on any atom is -0.376 e. The van der Waals surface area contributed by atoms with Crippen molar-refractivity contribution in [2.75, 3.05) is 19.8 Å². The van der Waals surface area contributed by atoms with Crippen LogP contribution in [0.4, 0.5) is 0 Å². The molecule has 0 heterocycles. The molecule has 0 radical (unpaired) electrons. The summed E-state index contributed by atoms with van der Waals surface area (Å²) in [4.78, 5) is 0. The molecule has 2 atom stereocenters. The number of ether oxygens (including phenoxy) is 4. The molecular formula is C18H30O4. The molecule has 4 nitrogen and oxygen atoms in total. The van der Waals surface area contributed by atoms with Crippen LogP contribution in [0.5, 0.6) is 0 Å². The predicted octanol–water partition coefficient (Wildman–Crippen LogP) is 3.96. The summed E-state index contributed by atoms with van der Waals surface area (Å²) in [6, 6.07) is 9.95. The first-order valence-corrected chi connectivity index (χ1v) is 8.08. The van der Waals surface area contributed by atoms with Gasteiger partial charge in [-0.3, -0.25) is 0 Å². The Morgan fingerprint density at radius 1 is 0.818 bits per heavy atom. The van der Waals surface area contributed by atoms with E-state index in [1.807, 2.05) is 65.0 Å². The first-order valence-electron chi connectivity index (χ1n) is 8.08. The molecule has 1 rings (SSSR count). The lowest BCUT2D eigenvalue weighted by atomic mass is 10.2. The number of benzene rings is 1. The minimum absolute atomic E-state index is 0.103. The van der Waals surface area contributed by atoms with Gasteiger partial charge in [-0.2, -0.15) is 0 Å². The molecule has 0 bridgehead atoms. The lowest BCUT2D eigenvalue weighted by Gasteiger charge is -2.25. The molecule has 0 saturated heterocycles. The van der Waals surface area contributed by atoms with Gasteiger partial charge in [0.15, 0.2) is 6.29 Å². The van der Waals surface area contributed by atoms with Crippen molar-refractivity contribution in [2.45, 2.75) is 59.2 Å². The van der Waals surface area contributed by atoms with E-state index < -0.39 is 0 Å². The molecule has 1 aromatic carbocycles. The Bertz CT molecular complexity index is 378. The van der Waals surface area contributed by atoms with E-state index in [4.69, 9.17) is 18.9 Å². The van der Waals surface area contributed by atoms with Crippen molar-refractivity contribution in [3.8, 4) is 0 Å². The maximum absolute atomic E-state index is 5.94. The van der Waals surface area contributed by atoms with Crippen molar-refractivity contribution in [1.29, 1.82) is 0 Å². The van der Waals surface area contributed by atoms with Crippen molar-refractivity contribution < 1.29 is 18.9 Å². The Kier molecular flexibility index (Phi) is 9.32. The molecule has 0 amide bonds. The van der Waals surface area contributed by atoms with Crippen LogP contribution in [-0.4, -0.2) is 38.1 Å². The molecule has 0 aliphatic carbocycles. The summed E-state index contributed by atoms with van der Waals surface area (Å²) < 4.78 is 23.1. The van der Waals surface area contributed by atoms with E-state index in [1.165, 1.54) is 0 Å². The normalized spacial score (nSPS) is 14.5. The number of hydrogen-bond donors (Lipinski definition) is 0. The first kappa shape index (κ1) is 19.1. The standard InChI is InChI=1S/C18H30O4/c1-6-19-18(16-10-8-7-9-11-16)21-13-17(22-15(4)5)12-20-14(2)3/h7-11,14-15,17-18H,6,12-13H2,1-5H3. The molecule has 0 aliphatic heterocycles. The summed E-state index contributed by atoms with van der Waals surface area (Å²) in [5.41, 5.74) is 1.01. The molecule has 22 heavy (non-hydrogen) atoms. The highest BCUT2D eigenvalue weighted by Gasteiger charge is 2.18. The van der Waals surface area contributed by atoms with Gasteiger partial charge in [0.25, 0.3) is 0 Å². The van der Waals surface area contributed by atoms with Gasteiger partial charge in [0.1, 0.15) is 6.10 Å². The van der Waals surface area contributed by atoms with Gasteiger partial charge in [0.2, 0.25) is 0 Å². The van der Waals surface area contributed by atoms with Crippen molar-refractivity contribution in [2.24, 2.45) is 0 Å². The van der Waals surface area contributed by atoms with E-state index in [0.29, 0.717) is 19.8 Å². The molecule has 0 spiro atoms. The molecule has 4 heteroatoms. The highest BCUT2D eigenvalue weighted by molar-refractivity contribution is 5.15. The zero-order chi connectivity index (χ0) is 16.4. The molecule has 126 valence electrons. The monoisotopic (exact) mass is 310 g/mol. The lowest BCUT2D eigenvalue weighted by molar-refractivity contribution is -0.178. The van der Waals surface area contributed by atoms with Crippen LogP contribution in [-0.2, 0) is 18.9 Å². The van der Waals surface area contributed by atoms with Gasteiger partial charge in [-0.1, -0.05) is 30.3 Å².